The summed E-state index contributed by atoms with van der Waals surface area (Å²) < 4.78 is 0. The second kappa shape index (κ2) is 58.6. The molecule has 0 saturated heterocycles. The standard InChI is InChI=1S/C86H133N15O23S2/c1-9-49(8)77(101-78(116)52(18-15-31-93-86(91)92)36-67(107)60(87)32-46(2)3)71(111)40-59(47(4)5)82(120)97-62(25-28-73(90)112)69(109)39-56(44-125)81(119)96-61(19-13-14-20-72(88)89)68(108)38-55(43-103)80(118)100-76(48(6)7)84(122)98-63(26-30-75(114)115)83(121)94-41-58(105)35-54(42-102)79(117)99-65(45-126)66(106)27-29-74(113)95-64(34-50-16-11-10-12-17-50)70(110)37-53(85(123)124)33-51-21-23-57(104)24-22-51/h10-12,16-17,21-24,46-49,52-56,59-65,76-77,102-104,125-126H,9,13-15,18-20,25-45,87H2,1-8H3,(H3,88,89)(H2,90,112)(H,94,121)(H,95,113)(H,96,119)(H,97,120)(H,98,122)(H,99,117)(H,100,118)(H,101,116)(H,114,115)(H,123,124)(H4,91,92,93)/t49-,52+,53+,54-,55-,56-,59?,60-,61-,62-,63-,64-,65-,76-,77-/m0/s1. The number of benzene rings is 2. The third-order valence-corrected chi connectivity index (χ3v) is 22.3. The number of carbonyl (C=O) groups is 18. The lowest BCUT2D eigenvalue weighted by atomic mass is 9.84. The number of ketones is 7. The number of carboxylic acids is 2. The zero-order valence-corrected chi connectivity index (χ0v) is 75.0. The number of hydrogen-bond donors (Lipinski definition) is 21. The van der Waals surface area contributed by atoms with Crippen LogP contribution in [0.2, 0.25) is 0 Å². The van der Waals surface area contributed by atoms with E-state index in [4.69, 9.17) is 34.1 Å². The van der Waals surface area contributed by atoms with Crippen LogP contribution in [0.1, 0.15) is 195 Å². The highest BCUT2D eigenvalue weighted by atomic mass is 32.1. The number of aliphatic hydroxyl groups excluding tert-OH is 2. The fourth-order valence-corrected chi connectivity index (χ4v) is 14.3. The van der Waals surface area contributed by atoms with Crippen molar-refractivity contribution in [2.75, 3.05) is 37.8 Å². The van der Waals surface area contributed by atoms with E-state index in [2.05, 4.69) is 72.8 Å². The summed E-state index contributed by atoms with van der Waals surface area (Å²) >= 11 is 8.52. The van der Waals surface area contributed by atoms with Crippen molar-refractivity contribution < 1.29 is 112 Å². The summed E-state index contributed by atoms with van der Waals surface area (Å²) in [6.45, 7) is 10.9. The summed E-state index contributed by atoms with van der Waals surface area (Å²) in [6.07, 6.45) is -5.03. The van der Waals surface area contributed by atoms with E-state index in [1.807, 2.05) is 13.8 Å². The van der Waals surface area contributed by atoms with E-state index in [9.17, 15) is 112 Å². The molecule has 0 aliphatic rings. The van der Waals surface area contributed by atoms with E-state index < -0.39 is 285 Å². The van der Waals surface area contributed by atoms with Crippen molar-refractivity contribution >= 4 is 143 Å². The summed E-state index contributed by atoms with van der Waals surface area (Å²) in [5.41, 5.74) is 29.5. The maximum Gasteiger partial charge on any atom is 0.307 e. The maximum absolute atomic E-state index is 14.5. The summed E-state index contributed by atoms with van der Waals surface area (Å²) in [6, 6.07) is 3.47. The Balaban J connectivity index is 2.29. The summed E-state index contributed by atoms with van der Waals surface area (Å²) in [5, 5.41) is 78.2. The minimum Gasteiger partial charge on any atom is -0.508 e. The van der Waals surface area contributed by atoms with Crippen molar-refractivity contribution in [3.05, 3.63) is 65.7 Å². The second-order valence-electron chi connectivity index (χ2n) is 33.1. The Labute approximate surface area is 745 Å². The fourth-order valence-electron chi connectivity index (χ4n) is 13.7. The molecule has 126 heavy (non-hydrogen) atoms. The molecule has 2 aromatic rings. The molecule has 0 aromatic heterocycles. The molecule has 0 radical (unpaired) electrons. The number of thiol groups is 2. The normalized spacial score (nSPS) is 14.9. The first-order valence-electron chi connectivity index (χ1n) is 42.5. The first-order chi connectivity index (χ1) is 59.3. The molecule has 2 aromatic carbocycles. The number of carboxylic acid groups (broad SMARTS) is 2. The first-order valence-corrected chi connectivity index (χ1v) is 43.8. The largest absolute Gasteiger partial charge is 0.508 e. The lowest BCUT2D eigenvalue weighted by Crippen LogP contribution is -2.56. The molecule has 1 unspecified atom stereocenters. The summed E-state index contributed by atoms with van der Waals surface area (Å²) in [7, 11) is 0. The van der Waals surface area contributed by atoms with Crippen LogP contribution in [0, 0.1) is 64.6 Å². The van der Waals surface area contributed by atoms with Gasteiger partial charge >= 0.3 is 11.9 Å². The second-order valence-corrected chi connectivity index (χ2v) is 33.8. The monoisotopic (exact) mass is 1810 g/mol. The Kier molecular flexibility index (Phi) is 51.9. The van der Waals surface area contributed by atoms with Gasteiger partial charge in [-0.2, -0.15) is 25.3 Å². The third-order valence-electron chi connectivity index (χ3n) is 21.5. The van der Waals surface area contributed by atoms with Gasteiger partial charge in [-0.15, -0.1) is 0 Å². The summed E-state index contributed by atoms with van der Waals surface area (Å²) in [4.78, 5) is 250. The number of aliphatic carboxylic acids is 2. The highest BCUT2D eigenvalue weighted by Crippen LogP contribution is 2.26. The molecule has 0 fully saturated rings. The Morgan fingerprint density at radius 1 is 0.460 bits per heavy atom. The molecule has 0 saturated carbocycles. The number of Topliss-reactive ketones (excluding diaryl/α,β-unsaturated/α-hetero) is 7. The number of unbranched alkanes of at least 4 members (excludes halogenated alkanes) is 1. The average molecular weight is 1810 g/mol. The number of nitrogens with one attached hydrogen (secondary N) is 9. The number of aliphatic hydroxyl groups is 2. The van der Waals surface area contributed by atoms with Crippen LogP contribution in [-0.4, -0.2) is 229 Å². The van der Waals surface area contributed by atoms with Gasteiger partial charge in [0.2, 0.25) is 53.2 Å². The van der Waals surface area contributed by atoms with Crippen molar-refractivity contribution in [3.63, 3.8) is 0 Å². The predicted octanol–water partition coefficient (Wildman–Crippen LogP) is 0.829. The Hall–Kier alpha value is -10.6. The number of amides is 9. The van der Waals surface area contributed by atoms with Crippen LogP contribution >= 0.6 is 25.3 Å². The van der Waals surface area contributed by atoms with Crippen LogP contribution in [0.3, 0.4) is 0 Å². The average Bonchev–Trinajstić information content (AvgIpc) is 0.833. The predicted molar refractivity (Wildman–Crippen MR) is 473 cm³/mol. The Morgan fingerprint density at radius 3 is 1.53 bits per heavy atom. The fraction of sp³-hybridized carbons (Fsp3) is 0.628. The number of guanidine groups is 1. The zero-order chi connectivity index (χ0) is 95.2. The van der Waals surface area contributed by atoms with Gasteiger partial charge in [0, 0.05) is 101 Å². The molecule has 9 amide bonds. The number of hydrogen-bond acceptors (Lipinski definition) is 26. The number of nitrogens with zero attached hydrogens (tertiary/aromatic N) is 1. The van der Waals surface area contributed by atoms with Crippen molar-refractivity contribution in [1.82, 2.24) is 42.5 Å². The number of phenolic OH excluding ortho intramolecular Hbond substituents is 1. The van der Waals surface area contributed by atoms with Gasteiger partial charge in [-0.05, 0) is 105 Å². The topological polar surface area (TPSA) is 671 Å². The Bertz CT molecular complexity index is 4040. The van der Waals surface area contributed by atoms with E-state index >= 15 is 0 Å². The number of amidine groups is 1. The van der Waals surface area contributed by atoms with Gasteiger partial charge in [0.05, 0.1) is 85.5 Å². The number of nitrogens with two attached hydrogens (primary N) is 5. The van der Waals surface area contributed by atoms with E-state index in [0.29, 0.717) is 30.4 Å². The molecule has 2 rings (SSSR count). The third kappa shape index (κ3) is 42.6. The lowest BCUT2D eigenvalue weighted by molar-refractivity contribution is -0.144. The molecule has 24 N–H and O–H groups in total. The van der Waals surface area contributed by atoms with Crippen LogP contribution < -0.4 is 71.2 Å². The molecular formula is C86H133N15O23S2. The molecule has 0 heterocycles. The van der Waals surface area contributed by atoms with Crippen molar-refractivity contribution in [1.29, 1.82) is 5.41 Å². The molecule has 15 atom stereocenters. The molecule has 0 spiro atoms. The van der Waals surface area contributed by atoms with Gasteiger partial charge in [0.25, 0.3) is 0 Å². The lowest BCUT2D eigenvalue weighted by Gasteiger charge is -2.29. The van der Waals surface area contributed by atoms with Crippen molar-refractivity contribution in [2.45, 2.75) is 245 Å². The van der Waals surface area contributed by atoms with Crippen LogP contribution in [-0.2, 0) is 99.1 Å². The van der Waals surface area contributed by atoms with Gasteiger partial charge in [-0.25, -0.2) is 0 Å². The smallest absolute Gasteiger partial charge is 0.307 e. The van der Waals surface area contributed by atoms with Crippen molar-refractivity contribution in [3.8, 4) is 5.75 Å². The van der Waals surface area contributed by atoms with E-state index in [0.717, 1.165) is 0 Å². The van der Waals surface area contributed by atoms with E-state index in [1.165, 1.54) is 38.1 Å². The van der Waals surface area contributed by atoms with Crippen LogP contribution in [0.5, 0.6) is 5.75 Å². The number of carbonyl (C=O) groups excluding carboxylic acids is 16. The van der Waals surface area contributed by atoms with Crippen molar-refractivity contribution in [2.24, 2.45) is 92.8 Å². The minimum absolute atomic E-state index is 0.0299. The van der Waals surface area contributed by atoms with Crippen LogP contribution in [0.25, 0.3) is 0 Å². The maximum atomic E-state index is 14.5. The van der Waals surface area contributed by atoms with Gasteiger partial charge < -0.3 is 96.7 Å². The number of rotatable bonds is 67. The SMILES string of the molecule is CC[C@H](C)[C@H](NC(=O)[C@H](CCCN=C(N)N)CC(=O)[C@@H](N)CC(C)C)C(=O)CC(C(=O)N[C@@H](CCC(N)=O)C(=O)C[C@@H](CS)C(=O)N[C@@H](CCCCC(=N)N)C(=O)C[C@@H](CO)C(=O)N[C@H](C(=O)N[C@@H](CCC(=O)O)C(=O)NCC(=O)C[C@@H](CO)C(=O)N[C@@H](CS)C(=O)CCC(=O)N[C@@H](Cc1ccccc1)C(=O)C[C@@H](Cc1ccc(O)cc1)C(=O)O)C(C)C)C(C)C. The summed E-state index contributed by atoms with van der Waals surface area (Å²) in [5.74, 6) is -26.3. The number of phenols is 1. The van der Waals surface area contributed by atoms with Gasteiger partial charge in [0.1, 0.15) is 23.6 Å². The molecular weight excluding hydrogens is 1680 g/mol. The molecule has 40 heteroatoms. The number of aliphatic imine (C=N–C) groups is 1. The molecule has 702 valence electrons. The number of primary amides is 1. The van der Waals surface area contributed by atoms with Crippen LogP contribution in [0.4, 0.5) is 0 Å². The molecule has 0 aliphatic heterocycles. The van der Waals surface area contributed by atoms with Crippen LogP contribution in [0.15, 0.2) is 59.6 Å². The van der Waals surface area contributed by atoms with Gasteiger partial charge in [-0.3, -0.25) is 96.7 Å². The van der Waals surface area contributed by atoms with Gasteiger partial charge in [0.15, 0.2) is 40.7 Å². The minimum atomic E-state index is -1.72. The highest BCUT2D eigenvalue weighted by molar-refractivity contribution is 7.80. The first kappa shape index (κ1) is 111. The highest BCUT2D eigenvalue weighted by Gasteiger charge is 2.40. The molecule has 0 bridgehead atoms. The molecule has 38 nitrogen and oxygen atoms in total. The quantitative estimate of drug-likeness (QED) is 0.0189. The van der Waals surface area contributed by atoms with E-state index in [-0.39, 0.29) is 105 Å². The number of aromatic hydroxyl groups is 1. The van der Waals surface area contributed by atoms with E-state index in [1.54, 1.807) is 58.0 Å². The Morgan fingerprint density at radius 2 is 0.984 bits per heavy atom. The van der Waals surface area contributed by atoms with Gasteiger partial charge in [-0.1, -0.05) is 111 Å². The molecule has 0 aliphatic carbocycles. The zero-order valence-electron chi connectivity index (χ0n) is 73.2.